The first kappa shape index (κ1) is 12.6. The predicted molar refractivity (Wildman–Crippen MR) is 80.3 cm³/mol. The summed E-state index contributed by atoms with van der Waals surface area (Å²) in [4.78, 5) is 13.5. The predicted octanol–water partition coefficient (Wildman–Crippen LogP) is 3.45. The third-order valence-corrected chi connectivity index (χ3v) is 5.02. The molecule has 1 N–H and O–H groups in total. The van der Waals surface area contributed by atoms with Gasteiger partial charge in [0.2, 0.25) is 0 Å². The fourth-order valence-corrected chi connectivity index (χ4v) is 4.00. The van der Waals surface area contributed by atoms with Gasteiger partial charge in [0.15, 0.2) is 0 Å². The van der Waals surface area contributed by atoms with Crippen molar-refractivity contribution < 1.29 is 4.79 Å². The third-order valence-electron chi connectivity index (χ3n) is 3.23. The van der Waals surface area contributed by atoms with Crippen LogP contribution in [0.2, 0.25) is 0 Å². The van der Waals surface area contributed by atoms with Crippen molar-refractivity contribution in [2.45, 2.75) is 25.7 Å². The number of amides is 1. The Kier molecular flexibility index (Phi) is 3.75. The number of carbonyl (C=O) groups is 1. The normalized spacial score (nSPS) is 14.5. The van der Waals surface area contributed by atoms with Gasteiger partial charge in [-0.05, 0) is 48.1 Å². The van der Waals surface area contributed by atoms with Gasteiger partial charge in [-0.25, -0.2) is 5.43 Å². The van der Waals surface area contributed by atoms with Crippen LogP contribution in [0, 0.1) is 0 Å². The Morgan fingerprint density at radius 1 is 1.32 bits per heavy atom. The highest BCUT2D eigenvalue weighted by atomic mass is 32.1. The zero-order valence-corrected chi connectivity index (χ0v) is 12.0. The molecule has 0 unspecified atom stereocenters. The molecule has 0 aliphatic heterocycles. The molecule has 0 saturated carbocycles. The molecule has 2 aromatic heterocycles. The van der Waals surface area contributed by atoms with Gasteiger partial charge in [-0.1, -0.05) is 0 Å². The molecule has 0 aromatic carbocycles. The maximum Gasteiger partial charge on any atom is 0.272 e. The molecule has 0 saturated heterocycles. The zero-order chi connectivity index (χ0) is 13.1. The van der Waals surface area contributed by atoms with E-state index in [1.807, 2.05) is 22.2 Å². The van der Waals surface area contributed by atoms with Crippen molar-refractivity contribution in [1.29, 1.82) is 0 Å². The van der Waals surface area contributed by atoms with Crippen molar-refractivity contribution in [2.24, 2.45) is 5.10 Å². The van der Waals surface area contributed by atoms with Crippen LogP contribution in [0.4, 0.5) is 0 Å². The monoisotopic (exact) mass is 290 g/mol. The van der Waals surface area contributed by atoms with E-state index >= 15 is 0 Å². The standard InChI is InChI=1S/C14H14N2OS2/c17-14(16-15-7-10-5-6-18-8-10)12-9-19-13-4-2-1-3-11(12)13/h5-9H,1-4H2,(H,16,17)/b15-7+. The Bertz CT molecular complexity index is 599. The zero-order valence-electron chi connectivity index (χ0n) is 10.4. The van der Waals surface area contributed by atoms with Crippen LogP contribution in [0.1, 0.15) is 39.2 Å². The summed E-state index contributed by atoms with van der Waals surface area (Å²) in [5.74, 6) is -0.0918. The van der Waals surface area contributed by atoms with Gasteiger partial charge < -0.3 is 0 Å². The number of aryl methyl sites for hydroxylation is 1. The fourth-order valence-electron chi connectivity index (χ4n) is 2.26. The molecule has 98 valence electrons. The van der Waals surface area contributed by atoms with E-state index in [-0.39, 0.29) is 5.91 Å². The third kappa shape index (κ3) is 2.77. The van der Waals surface area contributed by atoms with Crippen LogP contribution >= 0.6 is 22.7 Å². The van der Waals surface area contributed by atoms with Crippen molar-refractivity contribution in [2.75, 3.05) is 0 Å². The molecule has 2 aromatic rings. The lowest BCUT2D eigenvalue weighted by atomic mass is 9.96. The minimum atomic E-state index is -0.0918. The fraction of sp³-hybridized carbons (Fsp3) is 0.286. The summed E-state index contributed by atoms with van der Waals surface area (Å²) in [6.07, 6.45) is 6.24. The number of thiophene rings is 2. The smallest absolute Gasteiger partial charge is 0.267 e. The van der Waals surface area contributed by atoms with Gasteiger partial charge in [0.25, 0.3) is 5.91 Å². The highest BCUT2D eigenvalue weighted by Gasteiger charge is 2.19. The maximum atomic E-state index is 12.1. The Morgan fingerprint density at radius 3 is 3.05 bits per heavy atom. The molecule has 0 radical (unpaired) electrons. The second kappa shape index (κ2) is 5.67. The summed E-state index contributed by atoms with van der Waals surface area (Å²) in [5.41, 5.74) is 5.67. The number of hydrogen-bond acceptors (Lipinski definition) is 4. The molecule has 0 atom stereocenters. The van der Waals surface area contributed by atoms with Crippen LogP contribution in [0.5, 0.6) is 0 Å². The quantitative estimate of drug-likeness (QED) is 0.682. The second-order valence-electron chi connectivity index (χ2n) is 4.51. The van der Waals surface area contributed by atoms with Crippen molar-refractivity contribution in [3.8, 4) is 0 Å². The van der Waals surface area contributed by atoms with Crippen LogP contribution < -0.4 is 5.43 Å². The Hall–Kier alpha value is -1.46. The van der Waals surface area contributed by atoms with Crippen LogP contribution in [0.3, 0.4) is 0 Å². The molecule has 3 nitrogen and oxygen atoms in total. The minimum absolute atomic E-state index is 0.0918. The molecule has 19 heavy (non-hydrogen) atoms. The van der Waals surface area contributed by atoms with Crippen LogP contribution in [0.15, 0.2) is 27.3 Å². The van der Waals surface area contributed by atoms with Gasteiger partial charge in [0.1, 0.15) is 0 Å². The molecule has 5 heteroatoms. The van der Waals surface area contributed by atoms with Crippen molar-refractivity contribution in [3.63, 3.8) is 0 Å². The number of hydrazone groups is 1. The molecule has 1 aliphatic carbocycles. The molecule has 2 heterocycles. The largest absolute Gasteiger partial charge is 0.272 e. The minimum Gasteiger partial charge on any atom is -0.267 e. The number of fused-ring (bicyclic) bond motifs is 1. The summed E-state index contributed by atoms with van der Waals surface area (Å²) >= 11 is 3.31. The van der Waals surface area contributed by atoms with Gasteiger partial charge in [-0.15, -0.1) is 11.3 Å². The van der Waals surface area contributed by atoms with Gasteiger partial charge >= 0.3 is 0 Å². The summed E-state index contributed by atoms with van der Waals surface area (Å²) in [6.45, 7) is 0. The van der Waals surface area contributed by atoms with Gasteiger partial charge in [-0.2, -0.15) is 16.4 Å². The van der Waals surface area contributed by atoms with Crippen LogP contribution in [0.25, 0.3) is 0 Å². The number of carbonyl (C=O) groups excluding carboxylic acids is 1. The van der Waals surface area contributed by atoms with E-state index in [1.165, 1.54) is 23.3 Å². The highest BCUT2D eigenvalue weighted by molar-refractivity contribution is 7.10. The molecule has 1 aliphatic rings. The lowest BCUT2D eigenvalue weighted by molar-refractivity contribution is 0.0954. The molecule has 0 bridgehead atoms. The Labute approximate surface area is 120 Å². The molecule has 1 amide bonds. The molecule has 3 rings (SSSR count). The lowest BCUT2D eigenvalue weighted by Crippen LogP contribution is -2.19. The van der Waals surface area contributed by atoms with Gasteiger partial charge in [-0.3, -0.25) is 4.79 Å². The van der Waals surface area contributed by atoms with E-state index in [2.05, 4.69) is 10.5 Å². The average Bonchev–Trinajstić information content (AvgIpc) is 3.07. The summed E-state index contributed by atoms with van der Waals surface area (Å²) in [6, 6.07) is 1.97. The van der Waals surface area contributed by atoms with Crippen molar-refractivity contribution >= 4 is 34.8 Å². The highest BCUT2D eigenvalue weighted by Crippen LogP contribution is 2.30. The summed E-state index contributed by atoms with van der Waals surface area (Å²) in [7, 11) is 0. The van der Waals surface area contributed by atoms with E-state index in [1.54, 1.807) is 28.9 Å². The van der Waals surface area contributed by atoms with Crippen molar-refractivity contribution in [3.05, 3.63) is 43.8 Å². The first-order chi connectivity index (χ1) is 9.34. The Morgan fingerprint density at radius 2 is 2.21 bits per heavy atom. The molecular weight excluding hydrogens is 276 g/mol. The average molecular weight is 290 g/mol. The lowest BCUT2D eigenvalue weighted by Gasteiger charge is -2.11. The number of rotatable bonds is 3. The summed E-state index contributed by atoms with van der Waals surface area (Å²) < 4.78 is 0. The molecule has 0 spiro atoms. The SMILES string of the molecule is O=C(N/N=C/c1ccsc1)c1csc2c1CCCC2. The van der Waals surface area contributed by atoms with E-state index in [4.69, 9.17) is 0 Å². The topological polar surface area (TPSA) is 41.5 Å². The van der Waals surface area contributed by atoms with E-state index in [9.17, 15) is 4.79 Å². The molecule has 0 fully saturated rings. The number of hydrogen-bond donors (Lipinski definition) is 1. The van der Waals surface area contributed by atoms with E-state index < -0.39 is 0 Å². The summed E-state index contributed by atoms with van der Waals surface area (Å²) in [5, 5.41) is 9.94. The van der Waals surface area contributed by atoms with Crippen LogP contribution in [-0.4, -0.2) is 12.1 Å². The second-order valence-corrected chi connectivity index (χ2v) is 6.26. The van der Waals surface area contributed by atoms with E-state index in [0.717, 1.165) is 24.0 Å². The van der Waals surface area contributed by atoms with Crippen LogP contribution in [-0.2, 0) is 12.8 Å². The van der Waals surface area contributed by atoms with Gasteiger partial charge in [0, 0.05) is 15.8 Å². The number of nitrogens with one attached hydrogen (secondary N) is 1. The first-order valence-electron chi connectivity index (χ1n) is 6.29. The maximum absolute atomic E-state index is 12.1. The number of nitrogens with zero attached hydrogens (tertiary/aromatic N) is 1. The Balaban J connectivity index is 1.69. The first-order valence-corrected chi connectivity index (χ1v) is 8.11. The van der Waals surface area contributed by atoms with E-state index in [0.29, 0.717) is 0 Å². The molecular formula is C14H14N2OS2. The van der Waals surface area contributed by atoms with Crippen molar-refractivity contribution in [1.82, 2.24) is 5.43 Å². The van der Waals surface area contributed by atoms with Gasteiger partial charge in [0.05, 0.1) is 11.8 Å².